The van der Waals surface area contributed by atoms with E-state index in [9.17, 15) is 9.18 Å². The Bertz CT molecular complexity index is 720. The summed E-state index contributed by atoms with van der Waals surface area (Å²) in [6, 6.07) is 10.4. The molecule has 0 aliphatic carbocycles. The van der Waals surface area contributed by atoms with Crippen molar-refractivity contribution in [1.82, 2.24) is 20.0 Å². The zero-order chi connectivity index (χ0) is 18.5. The first kappa shape index (κ1) is 18.5. The molecule has 3 rings (SSSR count). The predicted octanol–water partition coefficient (Wildman–Crippen LogP) is 2.99. The molecule has 2 aromatic rings. The predicted molar refractivity (Wildman–Crippen MR) is 98.0 cm³/mol. The van der Waals surface area contributed by atoms with E-state index >= 15 is 0 Å². The third-order valence-electron chi connectivity index (χ3n) is 4.90. The fourth-order valence-electron chi connectivity index (χ4n) is 3.48. The summed E-state index contributed by atoms with van der Waals surface area (Å²) in [4.78, 5) is 17.1. The van der Waals surface area contributed by atoms with E-state index in [-0.39, 0.29) is 17.8 Å². The van der Waals surface area contributed by atoms with Crippen LogP contribution in [0.3, 0.4) is 0 Å². The van der Waals surface area contributed by atoms with Gasteiger partial charge in [-0.25, -0.2) is 4.39 Å². The molecule has 0 unspecified atom stereocenters. The molecule has 0 radical (unpaired) electrons. The number of amides is 1. The van der Waals surface area contributed by atoms with Gasteiger partial charge in [-0.05, 0) is 42.2 Å². The quantitative estimate of drug-likeness (QED) is 0.845. The summed E-state index contributed by atoms with van der Waals surface area (Å²) < 4.78 is 13.2. The highest BCUT2D eigenvalue weighted by Gasteiger charge is 2.30. The highest BCUT2D eigenvalue weighted by molar-refractivity contribution is 5.92. The van der Waals surface area contributed by atoms with Crippen LogP contribution in [0.15, 0.2) is 42.6 Å². The first-order valence-corrected chi connectivity index (χ1v) is 9.10. The van der Waals surface area contributed by atoms with Gasteiger partial charge in [0.15, 0.2) is 5.69 Å². The lowest BCUT2D eigenvalue weighted by Crippen LogP contribution is -2.45. The van der Waals surface area contributed by atoms with Gasteiger partial charge in [0, 0.05) is 38.4 Å². The number of benzene rings is 1. The number of nitrogens with zero attached hydrogens (tertiary/aromatic N) is 4. The minimum atomic E-state index is -0.217. The van der Waals surface area contributed by atoms with E-state index in [1.807, 2.05) is 17.0 Å². The summed E-state index contributed by atoms with van der Waals surface area (Å²) in [6.07, 6.45) is 2.47. The van der Waals surface area contributed by atoms with Crippen molar-refractivity contribution < 1.29 is 9.18 Å². The average Bonchev–Trinajstić information content (AvgIpc) is 2.86. The number of hydrogen-bond donors (Lipinski definition) is 0. The number of carbonyl (C=O) groups is 1. The van der Waals surface area contributed by atoms with Gasteiger partial charge in [0.1, 0.15) is 5.82 Å². The third kappa shape index (κ3) is 4.43. The van der Waals surface area contributed by atoms with Gasteiger partial charge in [-0.15, -0.1) is 5.10 Å². The number of rotatable bonds is 4. The fourth-order valence-corrected chi connectivity index (χ4v) is 3.48. The second-order valence-electron chi connectivity index (χ2n) is 7.12. The van der Waals surface area contributed by atoms with Crippen LogP contribution in [0.2, 0.25) is 0 Å². The van der Waals surface area contributed by atoms with Crippen LogP contribution in [-0.2, 0) is 6.54 Å². The molecule has 0 bridgehead atoms. The zero-order valence-corrected chi connectivity index (χ0v) is 15.3. The van der Waals surface area contributed by atoms with Gasteiger partial charge in [-0.1, -0.05) is 26.0 Å². The maximum absolute atomic E-state index is 13.2. The van der Waals surface area contributed by atoms with Crippen molar-refractivity contribution in [2.24, 2.45) is 5.92 Å². The molecule has 1 atom stereocenters. The number of aromatic nitrogens is 2. The van der Waals surface area contributed by atoms with Gasteiger partial charge in [0.25, 0.3) is 5.91 Å². The third-order valence-corrected chi connectivity index (χ3v) is 4.90. The normalized spacial score (nSPS) is 18.8. The lowest BCUT2D eigenvalue weighted by atomic mass is 10.0. The summed E-state index contributed by atoms with van der Waals surface area (Å²) in [5.74, 6) is 0.115. The van der Waals surface area contributed by atoms with Crippen molar-refractivity contribution in [3.63, 3.8) is 0 Å². The topological polar surface area (TPSA) is 49.3 Å². The number of halogens is 1. The Morgan fingerprint density at radius 2 is 2.00 bits per heavy atom. The van der Waals surface area contributed by atoms with E-state index in [2.05, 4.69) is 28.9 Å². The maximum Gasteiger partial charge on any atom is 0.274 e. The standard InChI is InChI=1S/C20H25FN4O/c1-15(2)19-14-25(20(26)18-5-3-10-22-23-18)12-4-11-24(19)13-16-6-8-17(21)9-7-16/h3,5-10,15,19H,4,11-14H2,1-2H3/t19-/m0/s1. The highest BCUT2D eigenvalue weighted by atomic mass is 19.1. The van der Waals surface area contributed by atoms with Crippen LogP contribution >= 0.6 is 0 Å². The molecule has 138 valence electrons. The monoisotopic (exact) mass is 356 g/mol. The summed E-state index contributed by atoms with van der Waals surface area (Å²) in [6.45, 7) is 7.39. The second-order valence-corrected chi connectivity index (χ2v) is 7.12. The van der Waals surface area contributed by atoms with Gasteiger partial charge in [0.2, 0.25) is 0 Å². The lowest BCUT2D eigenvalue weighted by molar-refractivity contribution is 0.0695. The first-order chi connectivity index (χ1) is 12.5. The molecule has 0 saturated carbocycles. The maximum atomic E-state index is 13.2. The van der Waals surface area contributed by atoms with E-state index in [0.29, 0.717) is 24.7 Å². The van der Waals surface area contributed by atoms with Crippen LogP contribution in [0.5, 0.6) is 0 Å². The zero-order valence-electron chi connectivity index (χ0n) is 15.3. The Labute approximate surface area is 153 Å². The van der Waals surface area contributed by atoms with Crippen molar-refractivity contribution in [2.45, 2.75) is 32.9 Å². The molecule has 26 heavy (non-hydrogen) atoms. The van der Waals surface area contributed by atoms with Crippen LogP contribution in [0.25, 0.3) is 0 Å². The molecule has 2 heterocycles. The van der Waals surface area contributed by atoms with Crippen LogP contribution in [-0.4, -0.2) is 51.6 Å². The molecule has 1 saturated heterocycles. The van der Waals surface area contributed by atoms with Crippen LogP contribution in [0, 0.1) is 11.7 Å². The molecule has 1 aliphatic rings. The first-order valence-electron chi connectivity index (χ1n) is 9.10. The van der Waals surface area contributed by atoms with Gasteiger partial charge in [-0.3, -0.25) is 9.69 Å². The van der Waals surface area contributed by atoms with Gasteiger partial charge in [-0.2, -0.15) is 5.10 Å². The van der Waals surface area contributed by atoms with Crippen molar-refractivity contribution in [3.05, 3.63) is 59.7 Å². The minimum Gasteiger partial charge on any atom is -0.336 e. The van der Waals surface area contributed by atoms with Gasteiger partial charge in [0.05, 0.1) is 0 Å². The van der Waals surface area contributed by atoms with E-state index in [4.69, 9.17) is 0 Å². The Kier molecular flexibility index (Phi) is 5.93. The molecule has 0 N–H and O–H groups in total. The van der Waals surface area contributed by atoms with E-state index < -0.39 is 0 Å². The smallest absolute Gasteiger partial charge is 0.274 e. The molecule has 1 aliphatic heterocycles. The summed E-state index contributed by atoms with van der Waals surface area (Å²) in [5.41, 5.74) is 1.48. The largest absolute Gasteiger partial charge is 0.336 e. The SMILES string of the molecule is CC(C)[C@@H]1CN(C(=O)c2cccnn2)CCCN1Cc1ccc(F)cc1. The molecule has 6 heteroatoms. The summed E-state index contributed by atoms with van der Waals surface area (Å²) >= 11 is 0. The molecule has 5 nitrogen and oxygen atoms in total. The molecular weight excluding hydrogens is 331 g/mol. The number of carbonyl (C=O) groups excluding carboxylic acids is 1. The molecule has 1 amide bonds. The molecular formula is C20H25FN4O. The molecule has 1 aromatic heterocycles. The van der Waals surface area contributed by atoms with Gasteiger partial charge >= 0.3 is 0 Å². The van der Waals surface area contributed by atoms with Crippen LogP contribution in [0.4, 0.5) is 4.39 Å². The average molecular weight is 356 g/mol. The van der Waals surface area contributed by atoms with E-state index in [1.165, 1.54) is 12.1 Å². The van der Waals surface area contributed by atoms with Crippen molar-refractivity contribution in [3.8, 4) is 0 Å². The van der Waals surface area contributed by atoms with Crippen molar-refractivity contribution in [2.75, 3.05) is 19.6 Å². The Morgan fingerprint density at radius 1 is 1.23 bits per heavy atom. The molecule has 1 aromatic carbocycles. The Hall–Kier alpha value is -2.34. The summed E-state index contributed by atoms with van der Waals surface area (Å²) in [7, 11) is 0. The Balaban J connectivity index is 1.75. The lowest BCUT2D eigenvalue weighted by Gasteiger charge is -2.34. The molecule has 0 spiro atoms. The Morgan fingerprint density at radius 3 is 2.65 bits per heavy atom. The number of hydrogen-bond acceptors (Lipinski definition) is 4. The summed E-state index contributed by atoms with van der Waals surface area (Å²) in [5, 5.41) is 7.78. The van der Waals surface area contributed by atoms with Crippen molar-refractivity contribution >= 4 is 5.91 Å². The van der Waals surface area contributed by atoms with E-state index in [1.54, 1.807) is 18.3 Å². The second kappa shape index (κ2) is 8.36. The van der Waals surface area contributed by atoms with Crippen LogP contribution < -0.4 is 0 Å². The minimum absolute atomic E-state index is 0.0626. The highest BCUT2D eigenvalue weighted by Crippen LogP contribution is 2.21. The molecule has 1 fully saturated rings. The van der Waals surface area contributed by atoms with E-state index in [0.717, 1.165) is 25.1 Å². The van der Waals surface area contributed by atoms with Crippen LogP contribution in [0.1, 0.15) is 36.3 Å². The fraction of sp³-hybridized carbons (Fsp3) is 0.450. The van der Waals surface area contributed by atoms with Crippen molar-refractivity contribution in [1.29, 1.82) is 0 Å². The van der Waals surface area contributed by atoms with Gasteiger partial charge < -0.3 is 4.90 Å².